The fourth-order valence-corrected chi connectivity index (χ4v) is 10.6. The van der Waals surface area contributed by atoms with E-state index in [0.29, 0.717) is 70.2 Å². The Kier molecular flexibility index (Phi) is 11.0. The first-order valence-electron chi connectivity index (χ1n) is 17.2. The minimum absolute atomic E-state index is 0.0518. The van der Waals surface area contributed by atoms with Crippen LogP contribution in [0.1, 0.15) is 67.5 Å². The lowest BCUT2D eigenvalue weighted by Crippen LogP contribution is -2.31. The fraction of sp³-hybridized carbons (Fsp3) is 0.250. The molecule has 2 atom stereocenters. The lowest BCUT2D eigenvalue weighted by atomic mass is 9.83. The summed E-state index contributed by atoms with van der Waals surface area (Å²) in [7, 11) is -4.03. The van der Waals surface area contributed by atoms with Gasteiger partial charge < -0.3 is 9.80 Å². The van der Waals surface area contributed by atoms with Gasteiger partial charge in [-0.15, -0.1) is 0 Å². The topological polar surface area (TPSA) is 127 Å². The number of primary sulfonamides is 2. The lowest BCUT2D eigenvalue weighted by molar-refractivity contribution is 0.295. The molecule has 0 fully saturated rings. The molecule has 4 N–H and O–H groups in total. The molecule has 0 spiro atoms. The SMILES string of the molecule is CN1Cc2c(Cl)cc(Cl)cc2C(c2ccc(S(N)(=O)=O)c(Cc3ccc(Cc4cc(C5CN(C)Cc6c(Cl)cc(Cl)cc65)ccc4S(N)(=O)=O)cc3)c2)C1. The van der Waals surface area contributed by atoms with Gasteiger partial charge in [0.1, 0.15) is 0 Å². The third-order valence-electron chi connectivity index (χ3n) is 10.4. The van der Waals surface area contributed by atoms with E-state index in [2.05, 4.69) is 9.80 Å². The van der Waals surface area contributed by atoms with Crippen LogP contribution in [0.25, 0.3) is 0 Å². The van der Waals surface area contributed by atoms with E-state index in [4.69, 9.17) is 56.7 Å². The molecule has 0 bridgehead atoms. The number of likely N-dealkylation sites (N-methyl/N-ethyl adjacent to an activating group) is 2. The van der Waals surface area contributed by atoms with Crippen molar-refractivity contribution in [3.8, 4) is 0 Å². The molecule has 2 aliphatic heterocycles. The van der Waals surface area contributed by atoms with Crippen molar-refractivity contribution in [3.05, 3.63) is 161 Å². The summed E-state index contributed by atoms with van der Waals surface area (Å²) in [6.07, 6.45) is 0.590. The average molecular weight is 845 g/mol. The van der Waals surface area contributed by atoms with E-state index >= 15 is 0 Å². The molecule has 0 aliphatic carbocycles. The molecule has 7 rings (SSSR count). The molecule has 0 aromatic heterocycles. The van der Waals surface area contributed by atoms with Crippen LogP contribution in [0.15, 0.2) is 94.7 Å². The van der Waals surface area contributed by atoms with Crippen LogP contribution < -0.4 is 10.3 Å². The predicted octanol–water partition coefficient (Wildman–Crippen LogP) is 7.93. The first kappa shape index (κ1) is 39.2. The second-order valence-electron chi connectivity index (χ2n) is 14.4. The third-order valence-corrected chi connectivity index (χ3v) is 13.5. The van der Waals surface area contributed by atoms with Gasteiger partial charge in [0.25, 0.3) is 0 Å². The highest BCUT2D eigenvalue weighted by Gasteiger charge is 2.30. The van der Waals surface area contributed by atoms with Crippen LogP contribution in [0.2, 0.25) is 20.1 Å². The van der Waals surface area contributed by atoms with Crippen molar-refractivity contribution in [2.24, 2.45) is 10.3 Å². The summed E-state index contributed by atoms with van der Waals surface area (Å²) in [6.45, 7) is 2.74. The van der Waals surface area contributed by atoms with Gasteiger partial charge in [-0.25, -0.2) is 27.1 Å². The zero-order valence-electron chi connectivity index (χ0n) is 29.5. The summed E-state index contributed by atoms with van der Waals surface area (Å²) in [4.78, 5) is 4.45. The van der Waals surface area contributed by atoms with Gasteiger partial charge in [0.15, 0.2) is 0 Å². The number of nitrogens with zero attached hydrogens (tertiary/aromatic N) is 2. The summed E-state index contributed by atoms with van der Waals surface area (Å²) < 4.78 is 51.0. The Morgan fingerprint density at radius 2 is 0.944 bits per heavy atom. The third kappa shape index (κ3) is 8.25. The molecule has 2 aliphatic rings. The van der Waals surface area contributed by atoms with Gasteiger partial charge in [0.05, 0.1) is 9.79 Å². The molecule has 2 unspecified atom stereocenters. The second kappa shape index (κ2) is 15.2. The number of sulfonamides is 2. The summed E-state index contributed by atoms with van der Waals surface area (Å²) in [5.41, 5.74) is 8.69. The minimum atomic E-state index is -4.03. The van der Waals surface area contributed by atoms with Crippen molar-refractivity contribution < 1.29 is 16.8 Å². The predicted molar refractivity (Wildman–Crippen MR) is 217 cm³/mol. The van der Waals surface area contributed by atoms with Crippen molar-refractivity contribution in [2.75, 3.05) is 27.2 Å². The number of fused-ring (bicyclic) bond motifs is 2. The maximum absolute atomic E-state index is 12.8. The van der Waals surface area contributed by atoms with Crippen LogP contribution in [0.4, 0.5) is 0 Å². The quantitative estimate of drug-likeness (QED) is 0.164. The Bertz CT molecular complexity index is 2340. The molecule has 0 saturated heterocycles. The first-order valence-corrected chi connectivity index (χ1v) is 21.8. The fourth-order valence-electron chi connectivity index (χ4n) is 7.94. The molecule has 8 nitrogen and oxygen atoms in total. The lowest BCUT2D eigenvalue weighted by Gasteiger charge is -2.33. The highest BCUT2D eigenvalue weighted by Crippen LogP contribution is 2.41. The number of hydrogen-bond acceptors (Lipinski definition) is 6. The molecule has 0 radical (unpaired) electrons. The molecule has 14 heteroatoms. The van der Waals surface area contributed by atoms with Crippen molar-refractivity contribution in [3.63, 3.8) is 0 Å². The second-order valence-corrected chi connectivity index (χ2v) is 19.2. The van der Waals surface area contributed by atoms with E-state index < -0.39 is 20.0 Å². The van der Waals surface area contributed by atoms with Gasteiger partial charge >= 0.3 is 0 Å². The van der Waals surface area contributed by atoms with Crippen molar-refractivity contribution in [1.82, 2.24) is 9.80 Å². The maximum Gasteiger partial charge on any atom is 0.238 e. The highest BCUT2D eigenvalue weighted by atomic mass is 35.5. The van der Waals surface area contributed by atoms with Gasteiger partial charge in [-0.3, -0.25) is 0 Å². The van der Waals surface area contributed by atoms with E-state index in [1.165, 1.54) is 0 Å². The summed E-state index contributed by atoms with van der Waals surface area (Å²) in [5, 5.41) is 13.7. The molecule has 0 amide bonds. The smallest absolute Gasteiger partial charge is 0.238 e. The number of hydrogen-bond donors (Lipinski definition) is 2. The van der Waals surface area contributed by atoms with E-state index in [1.54, 1.807) is 36.4 Å². The van der Waals surface area contributed by atoms with E-state index in [1.807, 2.05) is 62.6 Å². The van der Waals surface area contributed by atoms with Crippen molar-refractivity contribution in [2.45, 2.75) is 47.6 Å². The van der Waals surface area contributed by atoms with Gasteiger partial charge in [0.2, 0.25) is 20.0 Å². The molecule has 282 valence electrons. The van der Waals surface area contributed by atoms with Gasteiger partial charge in [-0.2, -0.15) is 0 Å². The summed E-state index contributed by atoms with van der Waals surface area (Å²) >= 11 is 26.1. The van der Waals surface area contributed by atoms with E-state index in [9.17, 15) is 16.8 Å². The molecule has 54 heavy (non-hydrogen) atoms. The molecular weight excluding hydrogens is 806 g/mol. The van der Waals surface area contributed by atoms with Crippen molar-refractivity contribution in [1.29, 1.82) is 0 Å². The average Bonchev–Trinajstić information content (AvgIpc) is 3.08. The van der Waals surface area contributed by atoms with Crippen LogP contribution in [-0.2, 0) is 46.0 Å². The monoisotopic (exact) mass is 842 g/mol. The van der Waals surface area contributed by atoms with Crippen LogP contribution in [0, 0.1) is 0 Å². The Morgan fingerprint density at radius 3 is 1.30 bits per heavy atom. The summed E-state index contributed by atoms with van der Waals surface area (Å²) in [5.74, 6) is -0.184. The van der Waals surface area contributed by atoms with E-state index in [-0.39, 0.29) is 21.6 Å². The largest absolute Gasteiger partial charge is 0.301 e. The Morgan fingerprint density at radius 1 is 0.574 bits per heavy atom. The number of rotatable bonds is 8. The van der Waals surface area contributed by atoms with Gasteiger partial charge in [0, 0.05) is 58.1 Å². The number of nitrogens with two attached hydrogens (primary N) is 2. The Labute approximate surface area is 336 Å². The van der Waals surface area contributed by atoms with Crippen LogP contribution >= 0.6 is 46.4 Å². The number of halogens is 4. The molecule has 0 saturated carbocycles. The standard InChI is InChI=1S/C40H38Cl4N4O4S2/c1-47-19-33(31-15-29(41)17-37(43)35(31)21-47)25-7-9-39(53(45,49)50)27(13-25)11-23-3-5-24(6-4-23)12-28-14-26(8-10-40(28)54(46,51)52)34-20-48(2)22-36-32(34)16-30(42)18-38(36)44/h3-10,13-18,33-34H,11-12,19-22H2,1-2H3,(H2,45,49,50)(H2,46,51,52). The zero-order chi connectivity index (χ0) is 38.7. The molecule has 5 aromatic rings. The first-order chi connectivity index (χ1) is 25.4. The van der Waals surface area contributed by atoms with Gasteiger partial charge in [-0.1, -0.05) is 94.9 Å². The maximum atomic E-state index is 12.8. The van der Waals surface area contributed by atoms with Crippen LogP contribution in [-0.4, -0.2) is 53.8 Å². The number of benzene rings is 5. The Balaban J connectivity index is 1.20. The highest BCUT2D eigenvalue weighted by molar-refractivity contribution is 7.89. The molecule has 2 heterocycles. The van der Waals surface area contributed by atoms with Crippen molar-refractivity contribution >= 4 is 66.5 Å². The minimum Gasteiger partial charge on any atom is -0.301 e. The van der Waals surface area contributed by atoms with Crippen LogP contribution in [0.3, 0.4) is 0 Å². The normalized spacial score (nSPS) is 18.0. The Hall–Kier alpha value is -3.00. The molecule has 5 aromatic carbocycles. The van der Waals surface area contributed by atoms with Crippen LogP contribution in [0.5, 0.6) is 0 Å². The van der Waals surface area contributed by atoms with Gasteiger partial charge in [-0.05, 0) is 119 Å². The van der Waals surface area contributed by atoms with E-state index in [0.717, 1.165) is 44.5 Å². The summed E-state index contributed by atoms with van der Waals surface area (Å²) in [6, 6.07) is 25.6. The molecular formula is C40H38Cl4N4O4S2. The zero-order valence-corrected chi connectivity index (χ0v) is 34.1.